The van der Waals surface area contributed by atoms with E-state index >= 15 is 0 Å². The fraction of sp³-hybridized carbons (Fsp3) is 0.400. The molecule has 1 aromatic rings. The molecule has 1 aliphatic heterocycles. The van der Waals surface area contributed by atoms with E-state index in [2.05, 4.69) is 10.3 Å². The minimum absolute atomic E-state index is 0.0263. The van der Waals surface area contributed by atoms with Crippen molar-refractivity contribution in [2.75, 3.05) is 4.90 Å². The van der Waals surface area contributed by atoms with E-state index in [0.717, 1.165) is 18.4 Å². The molecule has 0 spiro atoms. The molecule has 0 aromatic heterocycles. The highest BCUT2D eigenvalue weighted by Crippen LogP contribution is 2.43. The predicted molar refractivity (Wildman–Crippen MR) is 83.1 cm³/mol. The fourth-order valence-electron chi connectivity index (χ4n) is 2.76. The topological polar surface area (TPSA) is 114 Å². The van der Waals surface area contributed by atoms with Crippen molar-refractivity contribution in [1.82, 2.24) is 5.32 Å². The average Bonchev–Trinajstić information content (AvgIpc) is 3.28. The van der Waals surface area contributed by atoms with Crippen molar-refractivity contribution in [1.29, 1.82) is 0 Å². The van der Waals surface area contributed by atoms with Crippen molar-refractivity contribution in [3.8, 4) is 0 Å². The third kappa shape index (κ3) is 2.38. The average molecular weight is 301 g/mol. The molecule has 1 heterocycles. The maximum Gasteiger partial charge on any atom is 0.329 e. The number of nitrogens with zero attached hydrogens (tertiary/aromatic N) is 2. The molecule has 1 aromatic carbocycles. The molecule has 5 N–H and O–H groups in total. The van der Waals surface area contributed by atoms with Crippen molar-refractivity contribution < 1.29 is 9.59 Å². The Hall–Kier alpha value is -2.57. The lowest BCUT2D eigenvalue weighted by atomic mass is 9.96. The van der Waals surface area contributed by atoms with Crippen LogP contribution in [0.5, 0.6) is 0 Å². The molecular weight excluding hydrogens is 282 g/mol. The Kier molecular flexibility index (Phi) is 3.27. The minimum Gasteiger partial charge on any atom is -0.370 e. The van der Waals surface area contributed by atoms with Crippen LogP contribution in [0.2, 0.25) is 0 Å². The molecule has 1 aliphatic carbocycles. The zero-order chi connectivity index (χ0) is 15.9. The van der Waals surface area contributed by atoms with E-state index in [1.54, 1.807) is 31.2 Å². The minimum atomic E-state index is -0.770. The molecule has 2 fully saturated rings. The van der Waals surface area contributed by atoms with Gasteiger partial charge in [-0.2, -0.15) is 0 Å². The van der Waals surface area contributed by atoms with Crippen LogP contribution in [0.25, 0.3) is 0 Å². The molecule has 116 valence electrons. The second-order valence-electron chi connectivity index (χ2n) is 5.95. The van der Waals surface area contributed by atoms with Gasteiger partial charge in [0.05, 0.1) is 12.2 Å². The number of aliphatic imine (C=N–C) groups is 1. The van der Waals surface area contributed by atoms with Crippen LogP contribution < -0.4 is 21.7 Å². The second-order valence-corrected chi connectivity index (χ2v) is 5.95. The number of nitrogens with two attached hydrogens (primary N) is 2. The molecule has 1 unspecified atom stereocenters. The van der Waals surface area contributed by atoms with Crippen molar-refractivity contribution in [2.24, 2.45) is 22.4 Å². The summed E-state index contributed by atoms with van der Waals surface area (Å²) in [6, 6.07) is 6.70. The van der Waals surface area contributed by atoms with Gasteiger partial charge in [0.1, 0.15) is 5.54 Å². The Morgan fingerprint density at radius 3 is 2.50 bits per heavy atom. The van der Waals surface area contributed by atoms with Gasteiger partial charge in [-0.3, -0.25) is 4.79 Å². The first-order valence-corrected chi connectivity index (χ1v) is 7.23. The molecule has 3 amide bonds. The summed E-state index contributed by atoms with van der Waals surface area (Å²) in [7, 11) is 0. The number of benzene rings is 1. The number of urea groups is 1. The monoisotopic (exact) mass is 301 g/mol. The Labute approximate surface area is 128 Å². The highest BCUT2D eigenvalue weighted by atomic mass is 16.2. The van der Waals surface area contributed by atoms with Crippen molar-refractivity contribution in [3.63, 3.8) is 0 Å². The standard InChI is InChI=1S/C15H19N5O2/c1-15(10-4-5-10)12(21)20(14(22)19-15)11-6-2-9(3-7-11)8-18-13(16)17/h2-3,6-7,10H,4-5,8H2,1H3,(H,19,22)(H4,16,17,18). The fourth-order valence-corrected chi connectivity index (χ4v) is 2.76. The van der Waals surface area contributed by atoms with Crippen LogP contribution in [0, 0.1) is 5.92 Å². The summed E-state index contributed by atoms with van der Waals surface area (Å²) in [6.07, 6.45) is 1.96. The lowest BCUT2D eigenvalue weighted by Crippen LogP contribution is -2.46. The van der Waals surface area contributed by atoms with Crippen LogP contribution in [-0.2, 0) is 11.3 Å². The summed E-state index contributed by atoms with van der Waals surface area (Å²) in [6.45, 7) is 2.17. The van der Waals surface area contributed by atoms with E-state index in [1.807, 2.05) is 0 Å². The number of carbonyl (C=O) groups excluding carboxylic acids is 2. The van der Waals surface area contributed by atoms with Crippen molar-refractivity contribution >= 4 is 23.6 Å². The number of amides is 3. The molecule has 3 rings (SSSR count). The number of carbonyl (C=O) groups is 2. The Balaban J connectivity index is 1.80. The number of nitrogens with one attached hydrogen (secondary N) is 1. The van der Waals surface area contributed by atoms with Crippen LogP contribution in [0.4, 0.5) is 10.5 Å². The van der Waals surface area contributed by atoms with Gasteiger partial charge in [-0.1, -0.05) is 12.1 Å². The third-order valence-corrected chi connectivity index (χ3v) is 4.25. The predicted octanol–water partition coefficient (Wildman–Crippen LogP) is 0.685. The summed E-state index contributed by atoms with van der Waals surface area (Å²) in [5.74, 6) is 0.0884. The number of hydrogen-bond acceptors (Lipinski definition) is 3. The van der Waals surface area contributed by atoms with Gasteiger partial charge >= 0.3 is 6.03 Å². The number of hydrogen-bond donors (Lipinski definition) is 3. The van der Waals surface area contributed by atoms with Gasteiger partial charge in [0.25, 0.3) is 5.91 Å². The molecule has 7 heteroatoms. The summed E-state index contributed by atoms with van der Waals surface area (Å²) in [5.41, 5.74) is 11.3. The zero-order valence-electron chi connectivity index (χ0n) is 12.4. The van der Waals surface area contributed by atoms with E-state index in [1.165, 1.54) is 4.90 Å². The van der Waals surface area contributed by atoms with E-state index in [0.29, 0.717) is 12.2 Å². The van der Waals surface area contributed by atoms with Crippen molar-refractivity contribution in [2.45, 2.75) is 31.8 Å². The van der Waals surface area contributed by atoms with Gasteiger partial charge in [-0.05, 0) is 43.4 Å². The number of rotatable bonds is 4. The maximum atomic E-state index is 12.6. The maximum absolute atomic E-state index is 12.6. The normalized spacial score (nSPS) is 24.3. The quantitative estimate of drug-likeness (QED) is 0.431. The molecule has 22 heavy (non-hydrogen) atoms. The molecule has 1 saturated carbocycles. The van der Waals surface area contributed by atoms with Gasteiger partial charge in [-0.25, -0.2) is 14.7 Å². The first-order chi connectivity index (χ1) is 10.4. The van der Waals surface area contributed by atoms with E-state index < -0.39 is 5.54 Å². The molecule has 7 nitrogen and oxygen atoms in total. The van der Waals surface area contributed by atoms with Crippen LogP contribution in [-0.4, -0.2) is 23.4 Å². The van der Waals surface area contributed by atoms with Crippen LogP contribution in [0.3, 0.4) is 0 Å². The van der Waals surface area contributed by atoms with Crippen LogP contribution in [0.15, 0.2) is 29.3 Å². The SMILES string of the molecule is CC1(C2CC2)NC(=O)N(c2ccc(CN=C(N)N)cc2)C1=O. The summed E-state index contributed by atoms with van der Waals surface area (Å²) in [4.78, 5) is 29.9. The molecule has 0 bridgehead atoms. The largest absolute Gasteiger partial charge is 0.370 e. The van der Waals surface area contributed by atoms with Gasteiger partial charge < -0.3 is 16.8 Å². The lowest BCUT2D eigenvalue weighted by Gasteiger charge is -2.21. The van der Waals surface area contributed by atoms with E-state index in [4.69, 9.17) is 11.5 Å². The van der Waals surface area contributed by atoms with E-state index in [9.17, 15) is 9.59 Å². The Bertz CT molecular complexity index is 646. The van der Waals surface area contributed by atoms with Gasteiger partial charge in [0.15, 0.2) is 5.96 Å². The van der Waals surface area contributed by atoms with Gasteiger partial charge in [0, 0.05) is 0 Å². The summed E-state index contributed by atoms with van der Waals surface area (Å²) >= 11 is 0. The van der Waals surface area contributed by atoms with Gasteiger partial charge in [-0.15, -0.1) is 0 Å². The molecular formula is C15H19N5O2. The lowest BCUT2D eigenvalue weighted by molar-refractivity contribution is -0.122. The third-order valence-electron chi connectivity index (χ3n) is 4.25. The van der Waals surface area contributed by atoms with E-state index in [-0.39, 0.29) is 23.8 Å². The highest BCUT2D eigenvalue weighted by Gasteiger charge is 2.56. The molecule has 2 aliphatic rings. The highest BCUT2D eigenvalue weighted by molar-refractivity contribution is 6.23. The second kappa shape index (κ2) is 5.01. The number of imide groups is 1. The molecule has 1 atom stereocenters. The Morgan fingerprint density at radius 2 is 1.95 bits per heavy atom. The zero-order valence-corrected chi connectivity index (χ0v) is 12.4. The summed E-state index contributed by atoms with van der Waals surface area (Å²) < 4.78 is 0. The van der Waals surface area contributed by atoms with Crippen molar-refractivity contribution in [3.05, 3.63) is 29.8 Å². The number of guanidine groups is 1. The van der Waals surface area contributed by atoms with Crippen LogP contribution >= 0.6 is 0 Å². The smallest absolute Gasteiger partial charge is 0.329 e. The first-order valence-electron chi connectivity index (χ1n) is 7.23. The van der Waals surface area contributed by atoms with Crippen LogP contribution in [0.1, 0.15) is 25.3 Å². The molecule has 0 radical (unpaired) electrons. The Morgan fingerprint density at radius 1 is 1.32 bits per heavy atom. The summed E-state index contributed by atoms with van der Waals surface area (Å²) in [5, 5.41) is 2.83. The number of anilines is 1. The first kappa shape index (κ1) is 14.4. The van der Waals surface area contributed by atoms with Gasteiger partial charge in [0.2, 0.25) is 0 Å². The molecule has 1 saturated heterocycles.